The van der Waals surface area contributed by atoms with Crippen LogP contribution in [0.5, 0.6) is 0 Å². The highest BCUT2D eigenvalue weighted by Gasteiger charge is 2.34. The SMILES string of the molecule is CC(C)CN(C(=O)c1cccc(N)c1Cl)C1CC1. The van der Waals surface area contributed by atoms with Crippen LogP contribution in [0.15, 0.2) is 18.2 Å². The Bertz CT molecular complexity index is 455. The summed E-state index contributed by atoms with van der Waals surface area (Å²) < 4.78 is 0. The van der Waals surface area contributed by atoms with Gasteiger partial charge in [-0.1, -0.05) is 31.5 Å². The Kier molecular flexibility index (Phi) is 3.81. The first-order valence-corrected chi connectivity index (χ1v) is 6.73. The van der Waals surface area contributed by atoms with Gasteiger partial charge in [-0.25, -0.2) is 0 Å². The molecule has 1 fully saturated rings. The van der Waals surface area contributed by atoms with Crippen molar-refractivity contribution in [1.29, 1.82) is 0 Å². The lowest BCUT2D eigenvalue weighted by Gasteiger charge is -2.25. The van der Waals surface area contributed by atoms with Gasteiger partial charge in [-0.15, -0.1) is 0 Å². The molecule has 0 aliphatic heterocycles. The van der Waals surface area contributed by atoms with Crippen LogP contribution in [-0.4, -0.2) is 23.4 Å². The van der Waals surface area contributed by atoms with Gasteiger partial charge in [0.25, 0.3) is 5.91 Å². The fraction of sp³-hybridized carbons (Fsp3) is 0.500. The summed E-state index contributed by atoms with van der Waals surface area (Å²) >= 11 is 6.12. The van der Waals surface area contributed by atoms with Crippen LogP contribution in [0.4, 0.5) is 5.69 Å². The van der Waals surface area contributed by atoms with Gasteiger partial charge in [-0.3, -0.25) is 4.79 Å². The Morgan fingerprint density at radius 3 is 2.72 bits per heavy atom. The standard InChI is InChI=1S/C14H19ClN2O/c1-9(2)8-17(10-6-7-10)14(18)11-4-3-5-12(16)13(11)15/h3-5,9-10H,6-8,16H2,1-2H3. The van der Waals surface area contributed by atoms with Gasteiger partial charge in [0.15, 0.2) is 0 Å². The van der Waals surface area contributed by atoms with Crippen molar-refractivity contribution in [3.63, 3.8) is 0 Å². The predicted molar refractivity (Wildman–Crippen MR) is 74.8 cm³/mol. The summed E-state index contributed by atoms with van der Waals surface area (Å²) in [5.41, 5.74) is 6.73. The van der Waals surface area contributed by atoms with E-state index in [0.717, 1.165) is 19.4 Å². The molecule has 2 rings (SSSR count). The van der Waals surface area contributed by atoms with E-state index < -0.39 is 0 Å². The summed E-state index contributed by atoms with van der Waals surface area (Å²) in [5.74, 6) is 0.456. The van der Waals surface area contributed by atoms with E-state index in [2.05, 4.69) is 13.8 Å². The molecule has 3 nitrogen and oxygen atoms in total. The quantitative estimate of drug-likeness (QED) is 0.851. The lowest BCUT2D eigenvalue weighted by Crippen LogP contribution is -2.36. The number of nitrogens with two attached hydrogens (primary N) is 1. The average Bonchev–Trinajstić information content (AvgIpc) is 3.12. The number of anilines is 1. The molecule has 0 unspecified atom stereocenters. The van der Waals surface area contributed by atoms with Crippen LogP contribution < -0.4 is 5.73 Å². The van der Waals surface area contributed by atoms with Crippen molar-refractivity contribution < 1.29 is 4.79 Å². The average molecular weight is 267 g/mol. The molecule has 0 spiro atoms. The zero-order valence-corrected chi connectivity index (χ0v) is 11.6. The molecule has 1 aliphatic rings. The molecule has 0 aromatic heterocycles. The molecule has 0 radical (unpaired) electrons. The molecular weight excluding hydrogens is 248 g/mol. The van der Waals surface area contributed by atoms with Crippen molar-refractivity contribution in [3.05, 3.63) is 28.8 Å². The van der Waals surface area contributed by atoms with E-state index in [4.69, 9.17) is 17.3 Å². The van der Waals surface area contributed by atoms with Crippen LogP contribution in [0, 0.1) is 5.92 Å². The zero-order valence-electron chi connectivity index (χ0n) is 10.8. The van der Waals surface area contributed by atoms with E-state index in [9.17, 15) is 4.79 Å². The van der Waals surface area contributed by atoms with Gasteiger partial charge in [-0.05, 0) is 30.9 Å². The van der Waals surface area contributed by atoms with Gasteiger partial charge in [0.1, 0.15) is 0 Å². The third kappa shape index (κ3) is 2.78. The number of nitrogens with zero attached hydrogens (tertiary/aromatic N) is 1. The molecule has 4 heteroatoms. The van der Waals surface area contributed by atoms with Crippen molar-refractivity contribution >= 4 is 23.2 Å². The van der Waals surface area contributed by atoms with Crippen molar-refractivity contribution in [2.24, 2.45) is 5.92 Å². The van der Waals surface area contributed by atoms with Gasteiger partial charge in [0.2, 0.25) is 0 Å². The molecule has 1 aromatic rings. The molecule has 0 bridgehead atoms. The number of carbonyl (C=O) groups excluding carboxylic acids is 1. The molecule has 98 valence electrons. The van der Waals surface area contributed by atoms with E-state index in [1.807, 2.05) is 4.90 Å². The van der Waals surface area contributed by atoms with Gasteiger partial charge >= 0.3 is 0 Å². The lowest BCUT2D eigenvalue weighted by atomic mass is 10.1. The van der Waals surface area contributed by atoms with E-state index in [1.54, 1.807) is 18.2 Å². The van der Waals surface area contributed by atoms with Crippen LogP contribution in [0.3, 0.4) is 0 Å². The van der Waals surface area contributed by atoms with E-state index in [1.165, 1.54) is 0 Å². The summed E-state index contributed by atoms with van der Waals surface area (Å²) in [4.78, 5) is 14.5. The molecule has 0 atom stereocenters. The van der Waals surface area contributed by atoms with Crippen molar-refractivity contribution in [3.8, 4) is 0 Å². The van der Waals surface area contributed by atoms with Crippen molar-refractivity contribution in [1.82, 2.24) is 4.90 Å². The summed E-state index contributed by atoms with van der Waals surface area (Å²) in [6, 6.07) is 5.62. The van der Waals surface area contributed by atoms with Crippen LogP contribution in [0.1, 0.15) is 37.0 Å². The maximum atomic E-state index is 12.5. The maximum absolute atomic E-state index is 12.5. The van der Waals surface area contributed by atoms with Crippen molar-refractivity contribution in [2.45, 2.75) is 32.7 Å². The fourth-order valence-electron chi connectivity index (χ4n) is 2.05. The molecule has 0 heterocycles. The number of amides is 1. The number of benzene rings is 1. The highest BCUT2D eigenvalue weighted by atomic mass is 35.5. The van der Waals surface area contributed by atoms with Crippen LogP contribution >= 0.6 is 11.6 Å². The molecule has 0 saturated heterocycles. The van der Waals surface area contributed by atoms with E-state index in [0.29, 0.717) is 28.2 Å². The highest BCUT2D eigenvalue weighted by molar-refractivity contribution is 6.36. The monoisotopic (exact) mass is 266 g/mol. The Morgan fingerprint density at radius 2 is 2.17 bits per heavy atom. The topological polar surface area (TPSA) is 46.3 Å². The maximum Gasteiger partial charge on any atom is 0.255 e. The second-order valence-electron chi connectivity index (χ2n) is 5.29. The molecular formula is C14H19ClN2O. The number of hydrogen-bond donors (Lipinski definition) is 1. The molecule has 1 aromatic carbocycles. The number of carbonyl (C=O) groups is 1. The first-order chi connectivity index (χ1) is 8.50. The minimum absolute atomic E-state index is 0.00324. The van der Waals surface area contributed by atoms with Crippen molar-refractivity contribution in [2.75, 3.05) is 12.3 Å². The predicted octanol–water partition coefficient (Wildman–Crippen LogP) is 3.18. The highest BCUT2D eigenvalue weighted by Crippen LogP contribution is 2.31. The molecule has 1 amide bonds. The number of rotatable bonds is 4. The summed E-state index contributed by atoms with van der Waals surface area (Å²) in [5, 5.41) is 0.372. The fourth-order valence-corrected chi connectivity index (χ4v) is 2.25. The summed E-state index contributed by atoms with van der Waals surface area (Å²) in [6.45, 7) is 5.00. The minimum atomic E-state index is 0.00324. The second kappa shape index (κ2) is 5.19. The van der Waals surface area contributed by atoms with Gasteiger partial charge in [0, 0.05) is 12.6 Å². The zero-order chi connectivity index (χ0) is 13.3. The second-order valence-corrected chi connectivity index (χ2v) is 5.67. The Hall–Kier alpha value is -1.22. The number of halogens is 1. The minimum Gasteiger partial charge on any atom is -0.398 e. The molecule has 18 heavy (non-hydrogen) atoms. The molecule has 1 aliphatic carbocycles. The van der Waals surface area contributed by atoms with Gasteiger partial charge in [-0.2, -0.15) is 0 Å². The number of nitrogen functional groups attached to an aromatic ring is 1. The van der Waals surface area contributed by atoms with E-state index >= 15 is 0 Å². The smallest absolute Gasteiger partial charge is 0.255 e. The third-order valence-electron chi connectivity index (χ3n) is 3.07. The normalized spacial score (nSPS) is 14.9. The van der Waals surface area contributed by atoms with Crippen LogP contribution in [0.25, 0.3) is 0 Å². The van der Waals surface area contributed by atoms with Gasteiger partial charge < -0.3 is 10.6 Å². The Balaban J connectivity index is 2.25. The van der Waals surface area contributed by atoms with Crippen LogP contribution in [0.2, 0.25) is 5.02 Å². The molecule has 2 N–H and O–H groups in total. The third-order valence-corrected chi connectivity index (χ3v) is 3.49. The lowest BCUT2D eigenvalue weighted by molar-refractivity contribution is 0.0723. The van der Waals surface area contributed by atoms with Gasteiger partial charge in [0.05, 0.1) is 16.3 Å². The van der Waals surface area contributed by atoms with E-state index in [-0.39, 0.29) is 5.91 Å². The first-order valence-electron chi connectivity index (χ1n) is 6.35. The summed E-state index contributed by atoms with van der Waals surface area (Å²) in [7, 11) is 0. The Labute approximate surface area is 113 Å². The Morgan fingerprint density at radius 1 is 1.50 bits per heavy atom. The largest absolute Gasteiger partial charge is 0.398 e. The first kappa shape index (κ1) is 13.2. The number of hydrogen-bond acceptors (Lipinski definition) is 2. The molecule has 1 saturated carbocycles. The van der Waals surface area contributed by atoms with Crippen LogP contribution in [-0.2, 0) is 0 Å². The summed E-state index contributed by atoms with van der Waals surface area (Å²) in [6.07, 6.45) is 2.19.